The van der Waals surface area contributed by atoms with Crippen molar-refractivity contribution in [2.75, 3.05) is 19.6 Å². The van der Waals surface area contributed by atoms with Crippen molar-refractivity contribution in [1.29, 1.82) is 0 Å². The van der Waals surface area contributed by atoms with Crippen molar-refractivity contribution in [2.24, 2.45) is 5.73 Å². The third-order valence-corrected chi connectivity index (χ3v) is 3.20. The maximum absolute atomic E-state index is 5.55. The van der Waals surface area contributed by atoms with Gasteiger partial charge in [-0.25, -0.2) is 0 Å². The van der Waals surface area contributed by atoms with Crippen LogP contribution in [0.4, 0.5) is 0 Å². The van der Waals surface area contributed by atoms with Gasteiger partial charge in [0.15, 0.2) is 0 Å². The van der Waals surface area contributed by atoms with Crippen LogP contribution in [0.25, 0.3) is 0 Å². The van der Waals surface area contributed by atoms with E-state index in [1.165, 1.54) is 15.6 Å². The van der Waals surface area contributed by atoms with Crippen molar-refractivity contribution in [3.63, 3.8) is 0 Å². The molecule has 0 spiro atoms. The smallest absolute Gasteiger partial charge is 0.0237 e. The van der Waals surface area contributed by atoms with Gasteiger partial charge in [-0.1, -0.05) is 22.0 Å². The van der Waals surface area contributed by atoms with E-state index in [0.29, 0.717) is 0 Å². The Bertz CT molecular complexity index is 325. The molecule has 2 N–H and O–H groups in total. The monoisotopic (exact) mass is 254 g/mol. The molecule has 0 atom stereocenters. The molecule has 0 saturated carbocycles. The summed E-state index contributed by atoms with van der Waals surface area (Å²) in [6.45, 7) is 3.96. The predicted octanol–water partition coefficient (Wildman–Crippen LogP) is 1.77. The zero-order chi connectivity index (χ0) is 9.97. The molecular formula is C11H15BrN2. The minimum absolute atomic E-state index is 0.756. The van der Waals surface area contributed by atoms with Gasteiger partial charge in [-0.05, 0) is 29.7 Å². The molecule has 0 aliphatic carbocycles. The van der Waals surface area contributed by atoms with E-state index < -0.39 is 0 Å². The molecule has 0 radical (unpaired) electrons. The maximum atomic E-state index is 5.55. The molecule has 3 heteroatoms. The van der Waals surface area contributed by atoms with E-state index in [0.717, 1.165) is 32.6 Å². The van der Waals surface area contributed by atoms with Crippen LogP contribution in [-0.4, -0.2) is 24.5 Å². The Hall–Kier alpha value is -0.380. The summed E-state index contributed by atoms with van der Waals surface area (Å²) in [5.41, 5.74) is 8.49. The summed E-state index contributed by atoms with van der Waals surface area (Å²) in [4.78, 5) is 2.41. The molecule has 0 bridgehead atoms. The molecule has 2 nitrogen and oxygen atoms in total. The van der Waals surface area contributed by atoms with Crippen molar-refractivity contribution in [3.8, 4) is 0 Å². The molecule has 1 heterocycles. The average Bonchev–Trinajstić information content (AvgIpc) is 2.19. The van der Waals surface area contributed by atoms with Crippen LogP contribution in [0.5, 0.6) is 0 Å². The average molecular weight is 255 g/mol. The van der Waals surface area contributed by atoms with Crippen LogP contribution >= 0.6 is 15.9 Å². The highest BCUT2D eigenvalue weighted by molar-refractivity contribution is 9.10. The van der Waals surface area contributed by atoms with Crippen molar-refractivity contribution in [1.82, 2.24) is 4.90 Å². The van der Waals surface area contributed by atoms with Gasteiger partial charge in [0.25, 0.3) is 0 Å². The first-order chi connectivity index (χ1) is 6.79. The van der Waals surface area contributed by atoms with Crippen molar-refractivity contribution >= 4 is 15.9 Å². The first-order valence-electron chi connectivity index (χ1n) is 4.99. The van der Waals surface area contributed by atoms with Gasteiger partial charge in [0.1, 0.15) is 0 Å². The van der Waals surface area contributed by atoms with E-state index >= 15 is 0 Å². The molecule has 0 amide bonds. The molecule has 1 aromatic carbocycles. The summed E-state index contributed by atoms with van der Waals surface area (Å²) in [6.07, 6.45) is 1.15. The van der Waals surface area contributed by atoms with Gasteiger partial charge < -0.3 is 5.73 Å². The Balaban J connectivity index is 2.15. The third-order valence-electron chi connectivity index (χ3n) is 2.70. The number of hydrogen-bond acceptors (Lipinski definition) is 2. The molecule has 1 aromatic rings. The third kappa shape index (κ3) is 2.16. The second-order valence-corrected chi connectivity index (χ2v) is 4.64. The summed E-state index contributed by atoms with van der Waals surface area (Å²) in [5.74, 6) is 0. The standard InChI is InChI=1S/C11H15BrN2/c12-11-2-1-10-8-14(6-4-13)5-3-9(10)7-11/h1-2,7H,3-6,8,13H2. The predicted molar refractivity (Wildman–Crippen MR) is 62.2 cm³/mol. The SMILES string of the molecule is NCCN1CCc2cc(Br)ccc2C1. The van der Waals surface area contributed by atoms with E-state index in [4.69, 9.17) is 5.73 Å². The maximum Gasteiger partial charge on any atom is 0.0237 e. The van der Waals surface area contributed by atoms with E-state index in [9.17, 15) is 0 Å². The van der Waals surface area contributed by atoms with Crippen LogP contribution in [0.3, 0.4) is 0 Å². The van der Waals surface area contributed by atoms with Crippen LogP contribution in [0.15, 0.2) is 22.7 Å². The van der Waals surface area contributed by atoms with Crippen LogP contribution in [0.1, 0.15) is 11.1 Å². The minimum Gasteiger partial charge on any atom is -0.329 e. The number of fused-ring (bicyclic) bond motifs is 1. The number of benzene rings is 1. The van der Waals surface area contributed by atoms with Crippen LogP contribution in [0, 0.1) is 0 Å². The molecule has 0 unspecified atom stereocenters. The van der Waals surface area contributed by atoms with Gasteiger partial charge in [0.2, 0.25) is 0 Å². The first-order valence-corrected chi connectivity index (χ1v) is 5.78. The molecule has 1 aliphatic rings. The lowest BCUT2D eigenvalue weighted by atomic mass is 10.00. The topological polar surface area (TPSA) is 29.3 Å². The van der Waals surface area contributed by atoms with E-state index in [1.807, 2.05) is 0 Å². The Morgan fingerprint density at radius 1 is 1.36 bits per heavy atom. The van der Waals surface area contributed by atoms with Crippen molar-refractivity contribution < 1.29 is 0 Å². The summed E-state index contributed by atoms with van der Waals surface area (Å²) >= 11 is 3.50. The first kappa shape index (κ1) is 10.1. The molecule has 2 rings (SSSR count). The van der Waals surface area contributed by atoms with Crippen molar-refractivity contribution in [3.05, 3.63) is 33.8 Å². The zero-order valence-electron chi connectivity index (χ0n) is 8.17. The lowest BCUT2D eigenvalue weighted by Crippen LogP contribution is -2.34. The van der Waals surface area contributed by atoms with Crippen molar-refractivity contribution in [2.45, 2.75) is 13.0 Å². The van der Waals surface area contributed by atoms with E-state index in [1.54, 1.807) is 0 Å². The second-order valence-electron chi connectivity index (χ2n) is 3.73. The van der Waals surface area contributed by atoms with E-state index in [-0.39, 0.29) is 0 Å². The second kappa shape index (κ2) is 4.43. The van der Waals surface area contributed by atoms with Crippen LogP contribution in [-0.2, 0) is 13.0 Å². The molecular weight excluding hydrogens is 240 g/mol. The zero-order valence-corrected chi connectivity index (χ0v) is 9.76. The fourth-order valence-electron chi connectivity index (χ4n) is 1.95. The minimum atomic E-state index is 0.756. The lowest BCUT2D eigenvalue weighted by Gasteiger charge is -2.28. The molecule has 14 heavy (non-hydrogen) atoms. The summed E-state index contributed by atoms with van der Waals surface area (Å²) in [6, 6.07) is 6.56. The van der Waals surface area contributed by atoms with Gasteiger partial charge in [-0.3, -0.25) is 4.90 Å². The molecule has 0 saturated heterocycles. The van der Waals surface area contributed by atoms with Gasteiger partial charge in [0, 0.05) is 30.7 Å². The number of hydrogen-bond donors (Lipinski definition) is 1. The van der Waals surface area contributed by atoms with Gasteiger partial charge in [0.05, 0.1) is 0 Å². The van der Waals surface area contributed by atoms with Crippen LogP contribution < -0.4 is 5.73 Å². The van der Waals surface area contributed by atoms with Gasteiger partial charge >= 0.3 is 0 Å². The van der Waals surface area contributed by atoms with Gasteiger partial charge in [-0.15, -0.1) is 0 Å². The number of halogens is 1. The Morgan fingerprint density at radius 3 is 3.00 bits per heavy atom. The Kier molecular flexibility index (Phi) is 3.21. The highest BCUT2D eigenvalue weighted by Gasteiger charge is 2.14. The van der Waals surface area contributed by atoms with Crippen LogP contribution in [0.2, 0.25) is 0 Å². The van der Waals surface area contributed by atoms with Gasteiger partial charge in [-0.2, -0.15) is 0 Å². The summed E-state index contributed by atoms with van der Waals surface area (Å²) in [7, 11) is 0. The quantitative estimate of drug-likeness (QED) is 0.872. The Labute approximate surface area is 93.2 Å². The fourth-order valence-corrected chi connectivity index (χ4v) is 2.36. The largest absolute Gasteiger partial charge is 0.329 e. The highest BCUT2D eigenvalue weighted by atomic mass is 79.9. The number of nitrogens with two attached hydrogens (primary N) is 1. The summed E-state index contributed by atoms with van der Waals surface area (Å²) < 4.78 is 1.18. The molecule has 0 fully saturated rings. The highest BCUT2D eigenvalue weighted by Crippen LogP contribution is 2.22. The van der Waals surface area contributed by atoms with E-state index in [2.05, 4.69) is 39.0 Å². The lowest BCUT2D eigenvalue weighted by molar-refractivity contribution is 0.261. The summed E-state index contributed by atoms with van der Waals surface area (Å²) in [5, 5.41) is 0. The number of nitrogens with zero attached hydrogens (tertiary/aromatic N) is 1. The Morgan fingerprint density at radius 2 is 2.21 bits per heavy atom. The molecule has 76 valence electrons. The molecule has 0 aromatic heterocycles. The number of rotatable bonds is 2. The molecule has 1 aliphatic heterocycles. The fraction of sp³-hybridized carbons (Fsp3) is 0.455. The normalized spacial score (nSPS) is 16.7.